The molecule has 0 aliphatic carbocycles. The molecule has 0 saturated carbocycles. The van der Waals surface area contributed by atoms with Crippen molar-refractivity contribution in [1.29, 1.82) is 0 Å². The molecule has 0 atom stereocenters. The summed E-state index contributed by atoms with van der Waals surface area (Å²) in [6.45, 7) is 1.56. The van der Waals surface area contributed by atoms with Crippen LogP contribution in [0.15, 0.2) is 65.2 Å². The molecule has 1 N–H and O–H groups in total. The molecule has 0 radical (unpaired) electrons. The zero-order valence-electron chi connectivity index (χ0n) is 15.1. The smallest absolute Gasteiger partial charge is 0.252 e. The van der Waals surface area contributed by atoms with Crippen LogP contribution in [0.3, 0.4) is 0 Å². The third-order valence-electron chi connectivity index (χ3n) is 4.03. The van der Waals surface area contributed by atoms with Crippen molar-refractivity contribution < 1.29 is 9.21 Å². The molecule has 0 spiro atoms. The Morgan fingerprint density at radius 1 is 1.08 bits per heavy atom. The third-order valence-corrected chi connectivity index (χ3v) is 4.03. The van der Waals surface area contributed by atoms with Gasteiger partial charge in [-0.25, -0.2) is 4.98 Å². The van der Waals surface area contributed by atoms with Gasteiger partial charge >= 0.3 is 0 Å². The van der Waals surface area contributed by atoms with Gasteiger partial charge in [-0.1, -0.05) is 42.5 Å². The lowest BCUT2D eigenvalue weighted by atomic mass is 10.1. The van der Waals surface area contributed by atoms with Crippen LogP contribution < -0.4 is 5.32 Å². The fourth-order valence-electron chi connectivity index (χ4n) is 2.69. The van der Waals surface area contributed by atoms with Gasteiger partial charge in [0.25, 0.3) is 5.91 Å². The second-order valence-electron chi connectivity index (χ2n) is 6.35. The first-order chi connectivity index (χ1) is 12.6. The van der Waals surface area contributed by atoms with E-state index in [1.807, 2.05) is 62.6 Å². The molecule has 26 heavy (non-hydrogen) atoms. The molecule has 0 fully saturated rings. The quantitative estimate of drug-likeness (QED) is 0.661. The number of carbonyl (C=O) groups excluding carboxylic acids is 1. The van der Waals surface area contributed by atoms with Crippen LogP contribution in [0.1, 0.15) is 16.8 Å². The fourth-order valence-corrected chi connectivity index (χ4v) is 2.69. The average Bonchev–Trinajstić information content (AvgIpc) is 3.16. The Balaban J connectivity index is 1.77. The number of rotatable bonds is 7. The molecule has 2 aromatic carbocycles. The van der Waals surface area contributed by atoms with Gasteiger partial charge in [0.15, 0.2) is 5.76 Å². The van der Waals surface area contributed by atoms with E-state index in [0.717, 1.165) is 18.5 Å². The minimum Gasteiger partial charge on any atom is -0.436 e. The van der Waals surface area contributed by atoms with E-state index in [-0.39, 0.29) is 5.91 Å². The number of nitrogens with zero attached hydrogens (tertiary/aromatic N) is 2. The van der Waals surface area contributed by atoms with E-state index in [4.69, 9.17) is 4.42 Å². The topological polar surface area (TPSA) is 58.4 Å². The van der Waals surface area contributed by atoms with Crippen molar-refractivity contribution in [2.75, 3.05) is 27.2 Å². The minimum absolute atomic E-state index is 0.112. The highest BCUT2D eigenvalue weighted by Gasteiger charge is 2.16. The largest absolute Gasteiger partial charge is 0.436 e. The average molecular weight is 349 g/mol. The Morgan fingerprint density at radius 2 is 1.81 bits per heavy atom. The van der Waals surface area contributed by atoms with Crippen LogP contribution in [0.25, 0.3) is 22.8 Å². The predicted octanol–water partition coefficient (Wildman–Crippen LogP) is 3.69. The number of amides is 1. The Morgan fingerprint density at radius 3 is 2.58 bits per heavy atom. The molecular formula is C21H23N3O2. The maximum absolute atomic E-state index is 12.6. The first kappa shape index (κ1) is 17.9. The van der Waals surface area contributed by atoms with E-state index in [1.165, 1.54) is 0 Å². The highest BCUT2D eigenvalue weighted by Crippen LogP contribution is 2.28. The summed E-state index contributed by atoms with van der Waals surface area (Å²) in [6, 6.07) is 17.2. The standard InChI is InChI=1S/C21H23N3O2/c1-24(2)14-8-13-22-20(25)17-11-6-7-12-18(17)21-23-15-19(26-21)16-9-4-3-5-10-16/h3-7,9-12,15H,8,13-14H2,1-2H3,(H,22,25). The lowest BCUT2D eigenvalue weighted by Crippen LogP contribution is -2.27. The number of hydrogen-bond acceptors (Lipinski definition) is 4. The Kier molecular flexibility index (Phi) is 5.81. The van der Waals surface area contributed by atoms with Gasteiger partial charge in [-0.05, 0) is 39.2 Å². The number of nitrogens with one attached hydrogen (secondary N) is 1. The summed E-state index contributed by atoms with van der Waals surface area (Å²) in [4.78, 5) is 19.0. The minimum atomic E-state index is -0.112. The lowest BCUT2D eigenvalue weighted by Gasteiger charge is -2.11. The van der Waals surface area contributed by atoms with Crippen molar-refractivity contribution in [3.8, 4) is 22.8 Å². The molecule has 5 nitrogen and oxygen atoms in total. The monoisotopic (exact) mass is 349 g/mol. The van der Waals surface area contributed by atoms with Crippen LogP contribution in [0.4, 0.5) is 0 Å². The normalized spacial score (nSPS) is 10.9. The van der Waals surface area contributed by atoms with E-state index in [0.29, 0.717) is 29.3 Å². The Bertz CT molecular complexity index is 856. The highest BCUT2D eigenvalue weighted by molar-refractivity contribution is 6.00. The maximum atomic E-state index is 12.6. The number of benzene rings is 2. The summed E-state index contributed by atoms with van der Waals surface area (Å²) in [5.74, 6) is 1.02. The second-order valence-corrected chi connectivity index (χ2v) is 6.35. The zero-order valence-corrected chi connectivity index (χ0v) is 15.1. The molecule has 3 aromatic rings. The van der Waals surface area contributed by atoms with Gasteiger partial charge in [-0.3, -0.25) is 4.79 Å². The Labute approximate surface area is 153 Å². The summed E-state index contributed by atoms with van der Waals surface area (Å²) < 4.78 is 5.91. The molecule has 1 amide bonds. The van der Waals surface area contributed by atoms with E-state index in [2.05, 4.69) is 15.2 Å². The number of oxazole rings is 1. The van der Waals surface area contributed by atoms with Gasteiger partial charge in [0.1, 0.15) is 0 Å². The summed E-state index contributed by atoms with van der Waals surface area (Å²) in [5, 5.41) is 2.97. The number of aromatic nitrogens is 1. The molecule has 134 valence electrons. The number of carbonyl (C=O) groups is 1. The summed E-state index contributed by atoms with van der Waals surface area (Å²) in [7, 11) is 4.04. The first-order valence-electron chi connectivity index (χ1n) is 8.69. The van der Waals surface area contributed by atoms with E-state index < -0.39 is 0 Å². The summed E-state index contributed by atoms with van der Waals surface area (Å²) in [5.41, 5.74) is 2.22. The van der Waals surface area contributed by atoms with Crippen LogP contribution in [-0.4, -0.2) is 43.0 Å². The van der Waals surface area contributed by atoms with Crippen molar-refractivity contribution in [3.63, 3.8) is 0 Å². The van der Waals surface area contributed by atoms with Crippen LogP contribution in [0, 0.1) is 0 Å². The van der Waals surface area contributed by atoms with Gasteiger partial charge in [0.2, 0.25) is 5.89 Å². The van der Waals surface area contributed by atoms with Gasteiger partial charge in [0.05, 0.1) is 11.8 Å². The van der Waals surface area contributed by atoms with Crippen molar-refractivity contribution in [2.45, 2.75) is 6.42 Å². The van der Waals surface area contributed by atoms with Crippen LogP contribution >= 0.6 is 0 Å². The predicted molar refractivity (Wildman–Crippen MR) is 103 cm³/mol. The SMILES string of the molecule is CN(C)CCCNC(=O)c1ccccc1-c1ncc(-c2ccccc2)o1. The lowest BCUT2D eigenvalue weighted by molar-refractivity contribution is 0.0952. The first-order valence-corrected chi connectivity index (χ1v) is 8.69. The van der Waals surface area contributed by atoms with Crippen LogP contribution in [-0.2, 0) is 0 Å². The molecule has 0 aliphatic heterocycles. The van der Waals surface area contributed by atoms with E-state index in [9.17, 15) is 4.79 Å². The molecule has 5 heteroatoms. The molecule has 1 heterocycles. The maximum Gasteiger partial charge on any atom is 0.252 e. The van der Waals surface area contributed by atoms with Crippen molar-refractivity contribution in [3.05, 3.63) is 66.4 Å². The fraction of sp³-hybridized carbons (Fsp3) is 0.238. The third kappa shape index (κ3) is 4.37. The molecule has 0 aliphatic rings. The molecule has 0 bridgehead atoms. The second kappa shape index (κ2) is 8.45. The van der Waals surface area contributed by atoms with E-state index >= 15 is 0 Å². The molecular weight excluding hydrogens is 326 g/mol. The van der Waals surface area contributed by atoms with Crippen molar-refractivity contribution in [2.24, 2.45) is 0 Å². The molecule has 3 rings (SSSR count). The van der Waals surface area contributed by atoms with Crippen LogP contribution in [0.2, 0.25) is 0 Å². The van der Waals surface area contributed by atoms with Gasteiger partial charge in [-0.15, -0.1) is 0 Å². The molecule has 0 saturated heterocycles. The zero-order chi connectivity index (χ0) is 18.4. The summed E-state index contributed by atoms with van der Waals surface area (Å²) in [6.07, 6.45) is 2.59. The highest BCUT2D eigenvalue weighted by atomic mass is 16.4. The van der Waals surface area contributed by atoms with Crippen molar-refractivity contribution in [1.82, 2.24) is 15.2 Å². The van der Waals surface area contributed by atoms with Crippen molar-refractivity contribution >= 4 is 5.91 Å². The number of hydrogen-bond donors (Lipinski definition) is 1. The molecule has 1 aromatic heterocycles. The van der Waals surface area contributed by atoms with E-state index in [1.54, 1.807) is 12.3 Å². The van der Waals surface area contributed by atoms with Gasteiger partial charge in [0, 0.05) is 17.7 Å². The Hall–Kier alpha value is -2.92. The molecule has 0 unspecified atom stereocenters. The van der Waals surface area contributed by atoms with Gasteiger partial charge < -0.3 is 14.6 Å². The summed E-state index contributed by atoms with van der Waals surface area (Å²) >= 11 is 0. The van der Waals surface area contributed by atoms with Crippen LogP contribution in [0.5, 0.6) is 0 Å². The van der Waals surface area contributed by atoms with Gasteiger partial charge in [-0.2, -0.15) is 0 Å².